The molecule has 2 aromatic rings. The monoisotopic (exact) mass is 473 g/mol. The van der Waals surface area contributed by atoms with Gasteiger partial charge in [0.15, 0.2) is 0 Å². The van der Waals surface area contributed by atoms with E-state index in [1.54, 1.807) is 36.4 Å². The van der Waals surface area contributed by atoms with Crippen molar-refractivity contribution in [3.05, 3.63) is 53.1 Å². The third-order valence-corrected chi connectivity index (χ3v) is 6.44. The van der Waals surface area contributed by atoms with E-state index in [4.69, 9.17) is 17.3 Å². The number of aliphatic hydroxyl groups excluding tert-OH is 1. The van der Waals surface area contributed by atoms with E-state index in [1.807, 2.05) is 9.80 Å². The van der Waals surface area contributed by atoms with Crippen LogP contribution >= 0.6 is 11.6 Å². The molecule has 33 heavy (non-hydrogen) atoms. The van der Waals surface area contributed by atoms with E-state index in [0.717, 1.165) is 12.8 Å². The van der Waals surface area contributed by atoms with Crippen molar-refractivity contribution in [3.8, 4) is 5.75 Å². The molecule has 9 nitrogen and oxygen atoms in total. The van der Waals surface area contributed by atoms with Crippen molar-refractivity contribution in [2.24, 2.45) is 5.73 Å². The van der Waals surface area contributed by atoms with Gasteiger partial charge in [-0.1, -0.05) is 11.6 Å². The van der Waals surface area contributed by atoms with Crippen LogP contribution in [-0.4, -0.2) is 71.4 Å². The van der Waals surface area contributed by atoms with Crippen molar-refractivity contribution in [1.82, 2.24) is 10.2 Å². The van der Waals surface area contributed by atoms with E-state index in [2.05, 4.69) is 10.6 Å². The fourth-order valence-electron chi connectivity index (χ4n) is 4.49. The molecule has 0 aliphatic carbocycles. The lowest BCUT2D eigenvalue weighted by molar-refractivity contribution is 0.0691. The summed E-state index contributed by atoms with van der Waals surface area (Å²) in [5.74, 6) is 0.0548. The number of likely N-dealkylation sites (tertiary alicyclic amines) is 1. The van der Waals surface area contributed by atoms with Gasteiger partial charge in [0.05, 0.1) is 23.5 Å². The highest BCUT2D eigenvalue weighted by molar-refractivity contribution is 6.30. The van der Waals surface area contributed by atoms with Crippen molar-refractivity contribution >= 4 is 34.9 Å². The number of nitrogens with zero attached hydrogens (tertiary/aromatic N) is 2. The van der Waals surface area contributed by atoms with Gasteiger partial charge in [0.1, 0.15) is 5.75 Å². The standard InChI is InChI=1S/C23H28ClN5O4/c24-15-3-1-14(2-4-15)22(32)28-9-7-16(8-10-28)26-19-12-29(13-21(19)31)20-11-17(30)5-6-18(20)27-23(25)33/h1-6,11,16,19,21,26,30-31H,7-10,12-13H2,(H3,25,27,33)/t19?,21-/m1/s1. The van der Waals surface area contributed by atoms with Gasteiger partial charge in [-0.3, -0.25) is 4.79 Å². The van der Waals surface area contributed by atoms with Crippen molar-refractivity contribution in [3.63, 3.8) is 0 Å². The molecule has 1 unspecified atom stereocenters. The number of halogens is 1. The van der Waals surface area contributed by atoms with Crippen molar-refractivity contribution in [2.45, 2.75) is 31.0 Å². The van der Waals surface area contributed by atoms with Gasteiger partial charge >= 0.3 is 6.03 Å². The zero-order chi connectivity index (χ0) is 23.5. The molecule has 10 heteroatoms. The lowest BCUT2D eigenvalue weighted by Crippen LogP contribution is -2.50. The molecule has 4 rings (SSSR count). The van der Waals surface area contributed by atoms with E-state index in [0.29, 0.717) is 48.1 Å². The van der Waals surface area contributed by atoms with Crippen LogP contribution in [0.3, 0.4) is 0 Å². The molecular weight excluding hydrogens is 446 g/mol. The summed E-state index contributed by atoms with van der Waals surface area (Å²) >= 11 is 5.91. The van der Waals surface area contributed by atoms with E-state index >= 15 is 0 Å². The fourth-order valence-corrected chi connectivity index (χ4v) is 4.62. The number of aromatic hydroxyl groups is 1. The van der Waals surface area contributed by atoms with Crippen molar-refractivity contribution in [1.29, 1.82) is 0 Å². The first-order chi connectivity index (χ1) is 15.8. The normalized spacial score (nSPS) is 21.3. The molecule has 0 saturated carbocycles. The smallest absolute Gasteiger partial charge is 0.316 e. The van der Waals surface area contributed by atoms with Crippen LogP contribution in [0.4, 0.5) is 16.2 Å². The molecule has 2 saturated heterocycles. The Morgan fingerprint density at radius 2 is 1.76 bits per heavy atom. The first kappa shape index (κ1) is 23.2. The Hall–Kier alpha value is -3.01. The topological polar surface area (TPSA) is 131 Å². The third kappa shape index (κ3) is 5.50. The Morgan fingerprint density at radius 3 is 2.42 bits per heavy atom. The van der Waals surface area contributed by atoms with Crippen LogP contribution in [0.1, 0.15) is 23.2 Å². The lowest BCUT2D eigenvalue weighted by atomic mass is 10.0. The Balaban J connectivity index is 1.34. The molecule has 0 radical (unpaired) electrons. The molecule has 0 aromatic heterocycles. The average Bonchev–Trinajstić information content (AvgIpc) is 3.15. The lowest BCUT2D eigenvalue weighted by Gasteiger charge is -2.34. The molecule has 2 heterocycles. The minimum absolute atomic E-state index is 0.00411. The van der Waals surface area contributed by atoms with E-state index in [1.165, 1.54) is 6.07 Å². The SMILES string of the molecule is NC(=O)Nc1ccc(O)cc1N1CC(NC2CCN(C(=O)c3ccc(Cl)cc3)CC2)[C@H](O)C1. The van der Waals surface area contributed by atoms with Gasteiger partial charge in [0, 0.05) is 48.9 Å². The second kappa shape index (κ2) is 9.86. The van der Waals surface area contributed by atoms with Gasteiger partial charge in [-0.25, -0.2) is 4.79 Å². The average molecular weight is 474 g/mol. The number of hydrogen-bond acceptors (Lipinski definition) is 6. The number of urea groups is 1. The van der Waals surface area contributed by atoms with Crippen molar-refractivity contribution < 1.29 is 19.8 Å². The number of carbonyl (C=O) groups excluding carboxylic acids is 2. The van der Waals surface area contributed by atoms with Crippen molar-refractivity contribution in [2.75, 3.05) is 36.4 Å². The first-order valence-electron chi connectivity index (χ1n) is 10.9. The number of phenols is 1. The molecule has 2 aromatic carbocycles. The van der Waals surface area contributed by atoms with E-state index < -0.39 is 12.1 Å². The molecule has 0 bridgehead atoms. The highest BCUT2D eigenvalue weighted by atomic mass is 35.5. The molecule has 2 atom stereocenters. The molecule has 2 fully saturated rings. The number of nitrogens with two attached hydrogens (primary N) is 1. The molecule has 0 spiro atoms. The summed E-state index contributed by atoms with van der Waals surface area (Å²) < 4.78 is 0. The summed E-state index contributed by atoms with van der Waals surface area (Å²) in [7, 11) is 0. The van der Waals surface area contributed by atoms with Crippen LogP contribution in [0.5, 0.6) is 5.75 Å². The molecular formula is C23H28ClN5O4. The minimum Gasteiger partial charge on any atom is -0.508 e. The Morgan fingerprint density at radius 1 is 1.06 bits per heavy atom. The third-order valence-electron chi connectivity index (χ3n) is 6.19. The molecule has 2 aliphatic heterocycles. The summed E-state index contributed by atoms with van der Waals surface area (Å²) in [6.45, 7) is 2.11. The van der Waals surface area contributed by atoms with Gasteiger partial charge in [0.2, 0.25) is 0 Å². The summed E-state index contributed by atoms with van der Waals surface area (Å²) in [6, 6.07) is 10.8. The maximum atomic E-state index is 12.7. The minimum atomic E-state index is -0.698. The first-order valence-corrected chi connectivity index (χ1v) is 11.3. The molecule has 6 N–H and O–H groups in total. The number of benzene rings is 2. The fraction of sp³-hybridized carbons (Fsp3) is 0.391. The quantitative estimate of drug-likeness (QED) is 0.422. The summed E-state index contributed by atoms with van der Waals surface area (Å²) in [5.41, 5.74) is 6.95. The van der Waals surface area contributed by atoms with Gasteiger partial charge in [-0.15, -0.1) is 0 Å². The largest absolute Gasteiger partial charge is 0.508 e. The Labute approximate surface area is 197 Å². The maximum absolute atomic E-state index is 12.7. The number of anilines is 2. The Kier molecular flexibility index (Phi) is 6.92. The van der Waals surface area contributed by atoms with Crippen LogP contribution in [0.25, 0.3) is 0 Å². The highest BCUT2D eigenvalue weighted by Gasteiger charge is 2.35. The van der Waals surface area contributed by atoms with Crippen LogP contribution in [0, 0.1) is 0 Å². The number of phenolic OH excluding ortho intramolecular Hbond substituents is 1. The predicted molar refractivity (Wildman–Crippen MR) is 127 cm³/mol. The maximum Gasteiger partial charge on any atom is 0.316 e. The summed E-state index contributed by atoms with van der Waals surface area (Å²) in [4.78, 5) is 27.8. The molecule has 3 amide bonds. The summed E-state index contributed by atoms with van der Waals surface area (Å²) in [6.07, 6.45) is 0.939. The number of amides is 3. The predicted octanol–water partition coefficient (Wildman–Crippen LogP) is 1.98. The van der Waals surface area contributed by atoms with Gasteiger partial charge < -0.3 is 36.4 Å². The number of β-amino-alcohol motifs (C(OH)–C–C–N with tert-alkyl or cyclic N) is 1. The van der Waals surface area contributed by atoms with Crippen LogP contribution in [0.15, 0.2) is 42.5 Å². The molecule has 2 aliphatic rings. The van der Waals surface area contributed by atoms with E-state index in [9.17, 15) is 19.8 Å². The Bertz CT molecular complexity index is 1010. The number of nitrogens with one attached hydrogen (secondary N) is 2. The zero-order valence-electron chi connectivity index (χ0n) is 18.1. The number of hydrogen-bond donors (Lipinski definition) is 5. The number of carbonyl (C=O) groups is 2. The van der Waals surface area contributed by atoms with Crippen LogP contribution in [-0.2, 0) is 0 Å². The number of piperidine rings is 1. The van der Waals surface area contributed by atoms with Gasteiger partial charge in [0.25, 0.3) is 5.91 Å². The molecule has 176 valence electrons. The van der Waals surface area contributed by atoms with Crippen LogP contribution in [0.2, 0.25) is 5.02 Å². The van der Waals surface area contributed by atoms with Crippen LogP contribution < -0.4 is 21.3 Å². The zero-order valence-corrected chi connectivity index (χ0v) is 18.8. The van der Waals surface area contributed by atoms with Gasteiger partial charge in [-0.2, -0.15) is 0 Å². The number of rotatable bonds is 5. The van der Waals surface area contributed by atoms with Gasteiger partial charge in [-0.05, 0) is 49.2 Å². The summed E-state index contributed by atoms with van der Waals surface area (Å²) in [5, 5.41) is 27.2. The number of aliphatic hydroxyl groups is 1. The number of primary amides is 1. The highest BCUT2D eigenvalue weighted by Crippen LogP contribution is 2.32. The second-order valence-corrected chi connectivity index (χ2v) is 8.95. The second-order valence-electron chi connectivity index (χ2n) is 8.51. The van der Waals surface area contributed by atoms with E-state index in [-0.39, 0.29) is 23.7 Å².